The number of aromatic nitrogens is 2. The molecule has 30 heavy (non-hydrogen) atoms. The molecule has 1 unspecified atom stereocenters. The fourth-order valence-corrected chi connectivity index (χ4v) is 4.26. The third-order valence-corrected chi connectivity index (χ3v) is 6.22. The van der Waals surface area contributed by atoms with Crippen molar-refractivity contribution in [3.63, 3.8) is 0 Å². The zero-order chi connectivity index (χ0) is 21.3. The van der Waals surface area contributed by atoms with E-state index in [4.69, 9.17) is 16.3 Å². The molecule has 0 aliphatic rings. The second-order valence-electron chi connectivity index (χ2n) is 7.03. The lowest BCUT2D eigenvalue weighted by Crippen LogP contribution is -2.29. The van der Waals surface area contributed by atoms with Gasteiger partial charge in [0.05, 0.1) is 11.7 Å². The second kappa shape index (κ2) is 8.42. The van der Waals surface area contributed by atoms with Crippen LogP contribution in [0.1, 0.15) is 24.1 Å². The van der Waals surface area contributed by atoms with Gasteiger partial charge in [0.1, 0.15) is 17.5 Å². The SMILES string of the molecule is Cc1ccc(-c2csc3ncn(C(C)C(=O)OCc4ccccc4Cl)c(=O)c23)cc1. The van der Waals surface area contributed by atoms with E-state index >= 15 is 0 Å². The fourth-order valence-electron chi connectivity index (χ4n) is 3.17. The summed E-state index contributed by atoms with van der Waals surface area (Å²) in [7, 11) is 0. The summed E-state index contributed by atoms with van der Waals surface area (Å²) in [5.41, 5.74) is 3.35. The van der Waals surface area contributed by atoms with Crippen molar-refractivity contribution in [3.05, 3.63) is 86.7 Å². The van der Waals surface area contributed by atoms with Crippen LogP contribution in [0.25, 0.3) is 21.3 Å². The Hall–Kier alpha value is -2.96. The van der Waals surface area contributed by atoms with Crippen LogP contribution in [-0.4, -0.2) is 15.5 Å². The van der Waals surface area contributed by atoms with Crippen molar-refractivity contribution in [1.29, 1.82) is 0 Å². The number of fused-ring (bicyclic) bond motifs is 1. The molecule has 0 amide bonds. The number of hydrogen-bond acceptors (Lipinski definition) is 5. The van der Waals surface area contributed by atoms with Gasteiger partial charge in [-0.1, -0.05) is 59.6 Å². The predicted molar refractivity (Wildman–Crippen MR) is 120 cm³/mol. The molecule has 0 radical (unpaired) electrons. The lowest BCUT2D eigenvalue weighted by molar-refractivity contribution is -0.148. The summed E-state index contributed by atoms with van der Waals surface area (Å²) in [6, 6.07) is 14.3. The highest BCUT2D eigenvalue weighted by Crippen LogP contribution is 2.31. The Labute approximate surface area is 182 Å². The van der Waals surface area contributed by atoms with E-state index in [-0.39, 0.29) is 12.2 Å². The third-order valence-electron chi connectivity index (χ3n) is 4.97. The van der Waals surface area contributed by atoms with E-state index in [0.29, 0.717) is 20.8 Å². The van der Waals surface area contributed by atoms with Crippen LogP contribution < -0.4 is 5.56 Å². The summed E-state index contributed by atoms with van der Waals surface area (Å²) in [6.07, 6.45) is 1.40. The standard InChI is InChI=1S/C23H19ClN2O3S/c1-14-7-9-16(10-8-14)18-12-30-21-20(18)22(27)26(13-25-21)15(2)23(28)29-11-17-5-3-4-6-19(17)24/h3-10,12-13,15H,11H2,1-2H3. The van der Waals surface area contributed by atoms with Crippen molar-refractivity contribution in [1.82, 2.24) is 9.55 Å². The average molecular weight is 439 g/mol. The number of carbonyl (C=O) groups excluding carboxylic acids is 1. The summed E-state index contributed by atoms with van der Waals surface area (Å²) in [4.78, 5) is 30.9. The van der Waals surface area contributed by atoms with Crippen LogP contribution in [0.4, 0.5) is 0 Å². The van der Waals surface area contributed by atoms with E-state index in [0.717, 1.165) is 16.7 Å². The molecule has 4 aromatic rings. The monoisotopic (exact) mass is 438 g/mol. The number of benzene rings is 2. The normalized spacial score (nSPS) is 12.1. The van der Waals surface area contributed by atoms with Gasteiger partial charge in [-0.2, -0.15) is 0 Å². The number of esters is 1. The molecule has 0 N–H and O–H groups in total. The summed E-state index contributed by atoms with van der Waals surface area (Å²) in [6.45, 7) is 3.68. The van der Waals surface area contributed by atoms with Crippen molar-refractivity contribution in [2.45, 2.75) is 26.5 Å². The van der Waals surface area contributed by atoms with Crippen LogP contribution in [0.5, 0.6) is 0 Å². The molecule has 4 rings (SSSR count). The zero-order valence-corrected chi connectivity index (χ0v) is 18.0. The average Bonchev–Trinajstić information content (AvgIpc) is 3.18. The van der Waals surface area contributed by atoms with E-state index < -0.39 is 12.0 Å². The van der Waals surface area contributed by atoms with Gasteiger partial charge in [0, 0.05) is 21.5 Å². The smallest absolute Gasteiger partial charge is 0.329 e. The second-order valence-corrected chi connectivity index (χ2v) is 8.29. The largest absolute Gasteiger partial charge is 0.459 e. The van der Waals surface area contributed by atoms with E-state index in [9.17, 15) is 9.59 Å². The fraction of sp³-hybridized carbons (Fsp3) is 0.174. The van der Waals surface area contributed by atoms with Crippen LogP contribution >= 0.6 is 22.9 Å². The van der Waals surface area contributed by atoms with Crippen LogP contribution in [0, 0.1) is 6.92 Å². The Morgan fingerprint density at radius 1 is 1.20 bits per heavy atom. The molecule has 152 valence electrons. The van der Waals surface area contributed by atoms with E-state index in [1.165, 1.54) is 22.2 Å². The minimum Gasteiger partial charge on any atom is -0.459 e. The highest BCUT2D eigenvalue weighted by molar-refractivity contribution is 7.17. The van der Waals surface area contributed by atoms with Crippen molar-refractivity contribution in [2.75, 3.05) is 0 Å². The van der Waals surface area contributed by atoms with Crippen molar-refractivity contribution >= 4 is 39.1 Å². The summed E-state index contributed by atoms with van der Waals surface area (Å²) in [5.74, 6) is -0.523. The molecule has 0 spiro atoms. The molecule has 0 aliphatic carbocycles. The van der Waals surface area contributed by atoms with Gasteiger partial charge in [0.2, 0.25) is 0 Å². The highest BCUT2D eigenvalue weighted by atomic mass is 35.5. The van der Waals surface area contributed by atoms with Crippen molar-refractivity contribution in [2.24, 2.45) is 0 Å². The van der Waals surface area contributed by atoms with E-state index in [1.54, 1.807) is 19.1 Å². The van der Waals surface area contributed by atoms with Crippen molar-refractivity contribution < 1.29 is 9.53 Å². The van der Waals surface area contributed by atoms with Gasteiger partial charge in [-0.15, -0.1) is 11.3 Å². The molecule has 0 aliphatic heterocycles. The maximum atomic E-state index is 13.2. The molecule has 0 saturated heterocycles. The molecule has 1 atom stereocenters. The number of aryl methyl sites for hydroxylation is 1. The number of ether oxygens (including phenoxy) is 1. The summed E-state index contributed by atoms with van der Waals surface area (Å²) >= 11 is 7.52. The predicted octanol–water partition coefficient (Wildman–Crippen LogP) is 5.39. The molecule has 0 bridgehead atoms. The Bertz CT molecular complexity index is 1280. The maximum absolute atomic E-state index is 13.2. The first-order valence-electron chi connectivity index (χ1n) is 9.41. The van der Waals surface area contributed by atoms with E-state index in [1.807, 2.05) is 48.7 Å². The minimum atomic E-state index is -0.817. The number of hydrogen-bond donors (Lipinski definition) is 0. The highest BCUT2D eigenvalue weighted by Gasteiger charge is 2.21. The number of thiophene rings is 1. The van der Waals surface area contributed by atoms with Crippen LogP contribution in [-0.2, 0) is 16.1 Å². The lowest BCUT2D eigenvalue weighted by atomic mass is 10.1. The lowest BCUT2D eigenvalue weighted by Gasteiger charge is -2.14. The third kappa shape index (κ3) is 3.88. The summed E-state index contributed by atoms with van der Waals surface area (Å²) < 4.78 is 6.71. The van der Waals surface area contributed by atoms with Crippen molar-refractivity contribution in [3.8, 4) is 11.1 Å². The van der Waals surface area contributed by atoms with Gasteiger partial charge in [-0.25, -0.2) is 9.78 Å². The molecule has 5 nitrogen and oxygen atoms in total. The summed E-state index contributed by atoms with van der Waals surface area (Å²) in [5, 5.41) is 2.96. The van der Waals surface area contributed by atoms with E-state index in [2.05, 4.69) is 4.98 Å². The first-order valence-corrected chi connectivity index (χ1v) is 10.7. The molecule has 7 heteroatoms. The van der Waals surface area contributed by atoms with Gasteiger partial charge in [0.25, 0.3) is 5.56 Å². The van der Waals surface area contributed by atoms with Gasteiger partial charge in [-0.3, -0.25) is 9.36 Å². The molecule has 2 aromatic heterocycles. The maximum Gasteiger partial charge on any atom is 0.329 e. The molecule has 2 aromatic carbocycles. The number of rotatable bonds is 5. The van der Waals surface area contributed by atoms with Gasteiger partial charge >= 0.3 is 5.97 Å². The number of halogens is 1. The van der Waals surface area contributed by atoms with Gasteiger partial charge < -0.3 is 4.74 Å². The molecular formula is C23H19ClN2O3S. The van der Waals surface area contributed by atoms with Gasteiger partial charge in [0.15, 0.2) is 0 Å². The Morgan fingerprint density at radius 2 is 1.93 bits per heavy atom. The van der Waals surface area contributed by atoms with Crippen LogP contribution in [0.3, 0.4) is 0 Å². The minimum absolute atomic E-state index is 0.0420. The Balaban J connectivity index is 1.63. The molecule has 0 saturated carbocycles. The molecule has 0 fully saturated rings. The first kappa shape index (κ1) is 20.3. The quantitative estimate of drug-likeness (QED) is 0.392. The van der Waals surface area contributed by atoms with Gasteiger partial charge in [-0.05, 0) is 25.5 Å². The van der Waals surface area contributed by atoms with Crippen LogP contribution in [0.15, 0.2) is 65.0 Å². The van der Waals surface area contributed by atoms with Crippen LogP contribution in [0.2, 0.25) is 5.02 Å². The zero-order valence-electron chi connectivity index (χ0n) is 16.5. The Morgan fingerprint density at radius 3 is 2.67 bits per heavy atom. The Kier molecular flexibility index (Phi) is 5.70. The molecule has 2 heterocycles. The molecular weight excluding hydrogens is 420 g/mol. The topological polar surface area (TPSA) is 61.2 Å². The first-order chi connectivity index (χ1) is 14.5. The number of nitrogens with zero attached hydrogens (tertiary/aromatic N) is 2. The number of carbonyl (C=O) groups is 1.